The molecule has 0 unspecified atom stereocenters. The summed E-state index contributed by atoms with van der Waals surface area (Å²) in [5.74, 6) is -0.876. The van der Waals surface area contributed by atoms with Crippen LogP contribution in [0.5, 0.6) is 5.75 Å². The minimum atomic E-state index is -0.783. The third kappa shape index (κ3) is 4.03. The molecule has 1 fully saturated rings. The lowest BCUT2D eigenvalue weighted by atomic mass is 10.1. The van der Waals surface area contributed by atoms with Gasteiger partial charge in [-0.05, 0) is 32.3 Å². The highest BCUT2D eigenvalue weighted by molar-refractivity contribution is 7.17. The zero-order chi connectivity index (χ0) is 22.1. The molecule has 0 spiro atoms. The molecule has 12 heteroatoms. The lowest BCUT2D eigenvalue weighted by Gasteiger charge is -2.29. The highest BCUT2D eigenvalue weighted by Gasteiger charge is 2.32. The summed E-state index contributed by atoms with van der Waals surface area (Å²) < 4.78 is 12.0. The predicted molar refractivity (Wildman–Crippen MR) is 113 cm³/mol. The number of carbonyl (C=O) groups excluding carboxylic acids is 1. The monoisotopic (exact) mass is 446 g/mol. The number of methoxy groups -OCH3 is 1. The summed E-state index contributed by atoms with van der Waals surface area (Å²) in [7, 11) is 3.11. The third-order valence-corrected chi connectivity index (χ3v) is 6.10. The van der Waals surface area contributed by atoms with Crippen LogP contribution in [0.2, 0.25) is 0 Å². The van der Waals surface area contributed by atoms with Gasteiger partial charge < -0.3 is 19.2 Å². The van der Waals surface area contributed by atoms with Crippen LogP contribution in [-0.4, -0.2) is 57.3 Å². The quantitative estimate of drug-likeness (QED) is 0.578. The van der Waals surface area contributed by atoms with E-state index in [4.69, 9.17) is 9.15 Å². The van der Waals surface area contributed by atoms with Crippen molar-refractivity contribution in [2.24, 2.45) is 0 Å². The smallest absolute Gasteiger partial charge is 0.381 e. The molecule has 2 N–H and O–H groups in total. The maximum Gasteiger partial charge on any atom is 0.381 e. The minimum absolute atomic E-state index is 0.0227. The lowest BCUT2D eigenvalue weighted by Crippen LogP contribution is -2.38. The first kappa shape index (κ1) is 21.0. The summed E-state index contributed by atoms with van der Waals surface area (Å²) in [6.07, 6.45) is 3.44. The zero-order valence-electron chi connectivity index (χ0n) is 17.2. The van der Waals surface area contributed by atoms with Gasteiger partial charge in [0.05, 0.1) is 24.9 Å². The Labute approximate surface area is 181 Å². The summed E-state index contributed by atoms with van der Waals surface area (Å²) in [5, 5.41) is 25.7. The van der Waals surface area contributed by atoms with Crippen molar-refractivity contribution < 1.29 is 19.1 Å². The van der Waals surface area contributed by atoms with E-state index in [1.165, 1.54) is 13.2 Å². The second-order valence-electron chi connectivity index (χ2n) is 7.22. The van der Waals surface area contributed by atoms with Crippen molar-refractivity contribution >= 4 is 28.1 Å². The number of aryl methyl sites for hydroxylation is 1. The number of aliphatic hydroxyl groups excluding tert-OH is 1. The van der Waals surface area contributed by atoms with E-state index in [1.807, 2.05) is 13.0 Å². The van der Waals surface area contributed by atoms with Gasteiger partial charge in [-0.1, -0.05) is 11.3 Å². The molecule has 0 bridgehead atoms. The van der Waals surface area contributed by atoms with Gasteiger partial charge in [-0.25, -0.2) is 9.48 Å². The van der Waals surface area contributed by atoms with Gasteiger partial charge in [0, 0.05) is 25.0 Å². The molecular weight excluding hydrogens is 424 g/mol. The van der Waals surface area contributed by atoms with E-state index in [1.54, 1.807) is 22.8 Å². The van der Waals surface area contributed by atoms with Gasteiger partial charge in [0.1, 0.15) is 0 Å². The second kappa shape index (κ2) is 8.47. The maximum absolute atomic E-state index is 12.8. The number of aliphatic hydroxyl groups is 1. The molecule has 3 aromatic heterocycles. The van der Waals surface area contributed by atoms with E-state index in [0.29, 0.717) is 17.2 Å². The molecule has 0 radical (unpaired) electrons. The molecule has 4 rings (SSSR count). The molecule has 11 nitrogen and oxygen atoms in total. The summed E-state index contributed by atoms with van der Waals surface area (Å²) in [5.41, 5.74) is 0.464. The summed E-state index contributed by atoms with van der Waals surface area (Å²) >= 11 is 1.13. The van der Waals surface area contributed by atoms with Crippen LogP contribution < -0.4 is 20.6 Å². The number of aromatic nitrogens is 4. The Balaban J connectivity index is 1.60. The molecule has 3 aromatic rings. The number of nitrogens with zero attached hydrogens (tertiary/aromatic N) is 5. The molecule has 0 saturated heterocycles. The van der Waals surface area contributed by atoms with Crippen LogP contribution >= 0.6 is 11.3 Å². The standard InChI is InChI=1S/C19H22N6O5S/c1-10-7-8-20-25(10)19-23-22-18(31-19)21-16(27)14-9-12(15(29-3)17(28)30-14)24(2)11-5-4-6-13(11)26/h7-9,11,13,26H,4-6H2,1-3H3,(H,21,22,27)/t11-,13+/m0/s1. The van der Waals surface area contributed by atoms with E-state index in [-0.39, 0.29) is 22.7 Å². The number of hydrogen-bond acceptors (Lipinski definition) is 10. The topological polar surface area (TPSA) is 136 Å². The van der Waals surface area contributed by atoms with Crippen molar-refractivity contribution in [1.82, 2.24) is 20.0 Å². The van der Waals surface area contributed by atoms with Crippen LogP contribution in [0.3, 0.4) is 0 Å². The van der Waals surface area contributed by atoms with Gasteiger partial charge in [0.2, 0.25) is 16.0 Å². The first-order valence-electron chi connectivity index (χ1n) is 9.68. The van der Waals surface area contributed by atoms with Crippen LogP contribution in [0.4, 0.5) is 10.8 Å². The molecule has 31 heavy (non-hydrogen) atoms. The predicted octanol–water partition coefficient (Wildman–Crippen LogP) is 1.60. The van der Waals surface area contributed by atoms with Crippen LogP contribution in [0, 0.1) is 6.92 Å². The Kier molecular flexibility index (Phi) is 5.74. The Morgan fingerprint density at radius 1 is 1.42 bits per heavy atom. The molecule has 3 heterocycles. The van der Waals surface area contributed by atoms with Gasteiger partial charge >= 0.3 is 5.63 Å². The van der Waals surface area contributed by atoms with Gasteiger partial charge in [0.15, 0.2) is 5.76 Å². The first-order valence-corrected chi connectivity index (χ1v) is 10.5. The number of nitrogens with one attached hydrogen (secondary N) is 1. The molecule has 0 aromatic carbocycles. The number of anilines is 2. The molecule has 164 valence electrons. The van der Waals surface area contributed by atoms with E-state index >= 15 is 0 Å². The largest absolute Gasteiger partial charge is 0.488 e. The van der Waals surface area contributed by atoms with Gasteiger partial charge in [0.25, 0.3) is 5.91 Å². The summed E-state index contributed by atoms with van der Waals surface area (Å²) in [4.78, 5) is 27.0. The molecular formula is C19H22N6O5S. The van der Waals surface area contributed by atoms with Crippen molar-refractivity contribution in [3.63, 3.8) is 0 Å². The normalized spacial score (nSPS) is 18.2. The Hall–Kier alpha value is -3.25. The fraction of sp³-hybridized carbons (Fsp3) is 0.421. The van der Waals surface area contributed by atoms with E-state index < -0.39 is 17.6 Å². The minimum Gasteiger partial charge on any atom is -0.488 e. The van der Waals surface area contributed by atoms with Gasteiger partial charge in [-0.2, -0.15) is 5.10 Å². The van der Waals surface area contributed by atoms with Crippen LogP contribution in [-0.2, 0) is 0 Å². The summed E-state index contributed by atoms with van der Waals surface area (Å²) in [6.45, 7) is 1.87. The number of carbonyl (C=O) groups is 1. The Morgan fingerprint density at radius 3 is 2.87 bits per heavy atom. The number of likely N-dealkylation sites (N-methyl/N-ethyl adjacent to an activating group) is 1. The van der Waals surface area contributed by atoms with Crippen LogP contribution in [0.25, 0.3) is 5.13 Å². The van der Waals surface area contributed by atoms with Crippen molar-refractivity contribution in [3.8, 4) is 10.9 Å². The average molecular weight is 446 g/mol. The third-order valence-electron chi connectivity index (χ3n) is 5.29. The Morgan fingerprint density at radius 2 is 2.23 bits per heavy atom. The highest BCUT2D eigenvalue weighted by atomic mass is 32.1. The van der Waals surface area contributed by atoms with Gasteiger partial charge in [-0.15, -0.1) is 10.2 Å². The number of rotatable bonds is 6. The highest BCUT2D eigenvalue weighted by Crippen LogP contribution is 2.32. The number of ether oxygens (including phenoxy) is 1. The van der Waals surface area contributed by atoms with E-state index in [2.05, 4.69) is 20.6 Å². The fourth-order valence-corrected chi connectivity index (χ4v) is 4.42. The SMILES string of the molecule is COc1c(N(C)[C@H]2CCC[C@H]2O)cc(C(=O)Nc2nnc(-n3nccc3C)s2)oc1=O. The summed E-state index contributed by atoms with van der Waals surface area (Å²) in [6, 6.07) is 3.07. The van der Waals surface area contributed by atoms with Crippen molar-refractivity contribution in [3.05, 3.63) is 40.2 Å². The zero-order valence-corrected chi connectivity index (χ0v) is 18.0. The van der Waals surface area contributed by atoms with Gasteiger partial charge in [-0.3, -0.25) is 10.1 Å². The van der Waals surface area contributed by atoms with Crippen molar-refractivity contribution in [2.45, 2.75) is 38.3 Å². The first-order chi connectivity index (χ1) is 14.9. The van der Waals surface area contributed by atoms with E-state index in [9.17, 15) is 14.7 Å². The maximum atomic E-state index is 12.8. The fourth-order valence-electron chi connectivity index (χ4n) is 3.66. The molecule has 2 atom stereocenters. The van der Waals surface area contributed by atoms with Crippen molar-refractivity contribution in [1.29, 1.82) is 0 Å². The second-order valence-corrected chi connectivity index (χ2v) is 8.18. The molecule has 0 aliphatic heterocycles. The Bertz CT molecular complexity index is 1150. The lowest BCUT2D eigenvalue weighted by molar-refractivity contribution is 0.0991. The molecule has 1 aliphatic carbocycles. The van der Waals surface area contributed by atoms with Crippen LogP contribution in [0.1, 0.15) is 35.5 Å². The molecule has 1 aliphatic rings. The van der Waals surface area contributed by atoms with Crippen LogP contribution in [0.15, 0.2) is 27.5 Å². The molecule has 1 amide bonds. The number of amides is 1. The average Bonchev–Trinajstić information content (AvgIpc) is 3.48. The number of hydrogen-bond donors (Lipinski definition) is 2. The van der Waals surface area contributed by atoms with E-state index in [0.717, 1.165) is 29.9 Å². The van der Waals surface area contributed by atoms with Crippen molar-refractivity contribution in [2.75, 3.05) is 24.4 Å². The molecule has 1 saturated carbocycles.